The summed E-state index contributed by atoms with van der Waals surface area (Å²) in [4.78, 5) is 31.0. The van der Waals surface area contributed by atoms with Gasteiger partial charge in [-0.3, -0.25) is 4.79 Å². The van der Waals surface area contributed by atoms with Crippen LogP contribution >= 0.6 is 0 Å². The van der Waals surface area contributed by atoms with Crippen LogP contribution in [-0.2, 0) is 4.79 Å². The lowest BCUT2D eigenvalue weighted by Crippen LogP contribution is -2.51. The minimum Gasteiger partial charge on any atom is -0.479 e. The number of rotatable bonds is 3. The normalized spacial score (nSPS) is 23.3. The molecular formula is C11H16N4O3. The Morgan fingerprint density at radius 3 is 3.06 bits per heavy atom. The third-order valence-electron chi connectivity index (χ3n) is 3.60. The Morgan fingerprint density at radius 1 is 1.72 bits per heavy atom. The third-order valence-corrected chi connectivity index (χ3v) is 3.60. The molecule has 0 aliphatic carbocycles. The van der Waals surface area contributed by atoms with Crippen LogP contribution in [0.5, 0.6) is 0 Å². The molecule has 2 rings (SSSR count). The van der Waals surface area contributed by atoms with E-state index in [1.165, 1.54) is 6.33 Å². The largest absolute Gasteiger partial charge is 0.479 e. The van der Waals surface area contributed by atoms with Gasteiger partial charge >= 0.3 is 5.97 Å². The van der Waals surface area contributed by atoms with Crippen molar-refractivity contribution in [3.05, 3.63) is 16.7 Å². The molecule has 1 aromatic rings. The summed E-state index contributed by atoms with van der Waals surface area (Å²) in [6, 6.07) is 0. The van der Waals surface area contributed by atoms with E-state index in [-0.39, 0.29) is 11.5 Å². The lowest BCUT2D eigenvalue weighted by Gasteiger charge is -2.35. The summed E-state index contributed by atoms with van der Waals surface area (Å²) in [5.74, 6) is -0.635. The van der Waals surface area contributed by atoms with Crippen molar-refractivity contribution in [1.29, 1.82) is 0 Å². The molecule has 1 fully saturated rings. The predicted molar refractivity (Wildman–Crippen MR) is 66.5 cm³/mol. The highest BCUT2D eigenvalue weighted by Crippen LogP contribution is 2.37. The zero-order valence-corrected chi connectivity index (χ0v) is 10.1. The van der Waals surface area contributed by atoms with E-state index in [4.69, 9.17) is 5.73 Å². The number of carbonyl (C=O) groups is 1. The second-order valence-corrected chi connectivity index (χ2v) is 4.41. The maximum Gasteiger partial charge on any atom is 0.329 e. The first-order valence-corrected chi connectivity index (χ1v) is 5.87. The fourth-order valence-electron chi connectivity index (χ4n) is 2.54. The van der Waals surface area contributed by atoms with Gasteiger partial charge in [-0.25, -0.2) is 9.78 Å². The fraction of sp³-hybridized carbons (Fsp3) is 0.545. The fourth-order valence-corrected chi connectivity index (χ4v) is 2.54. The SMILES string of the molecule is CCC1(C(=O)O)CCCN1c1nc[nH]c(=O)c1N. The van der Waals surface area contributed by atoms with Crippen LogP contribution < -0.4 is 16.2 Å². The maximum atomic E-state index is 11.5. The van der Waals surface area contributed by atoms with E-state index in [2.05, 4.69) is 9.97 Å². The van der Waals surface area contributed by atoms with Crippen LogP contribution in [-0.4, -0.2) is 33.1 Å². The molecule has 0 spiro atoms. The third kappa shape index (κ3) is 1.62. The number of nitrogens with zero attached hydrogens (tertiary/aromatic N) is 2. The quantitative estimate of drug-likeness (QED) is 0.707. The van der Waals surface area contributed by atoms with Crippen molar-refractivity contribution in [3.63, 3.8) is 0 Å². The van der Waals surface area contributed by atoms with E-state index in [0.717, 1.165) is 6.42 Å². The molecule has 1 aliphatic rings. The highest BCUT2D eigenvalue weighted by Gasteiger charge is 2.47. The lowest BCUT2D eigenvalue weighted by atomic mass is 9.93. The van der Waals surface area contributed by atoms with Gasteiger partial charge < -0.3 is 20.7 Å². The number of aromatic nitrogens is 2. The van der Waals surface area contributed by atoms with Crippen molar-refractivity contribution in [1.82, 2.24) is 9.97 Å². The zero-order valence-electron chi connectivity index (χ0n) is 10.1. The standard InChI is InChI=1S/C11H16N4O3/c1-2-11(10(17)18)4-3-5-15(11)8-7(12)9(16)14-6-13-8/h6H,2-5,12H2,1H3,(H,17,18)(H,13,14,16). The maximum absolute atomic E-state index is 11.5. The summed E-state index contributed by atoms with van der Waals surface area (Å²) in [6.45, 7) is 2.36. The van der Waals surface area contributed by atoms with Crippen LogP contribution in [0.1, 0.15) is 26.2 Å². The second kappa shape index (κ2) is 4.32. The summed E-state index contributed by atoms with van der Waals surface area (Å²) < 4.78 is 0. The van der Waals surface area contributed by atoms with Crippen LogP contribution in [0.3, 0.4) is 0 Å². The average molecular weight is 252 g/mol. The molecule has 0 bridgehead atoms. The van der Waals surface area contributed by atoms with Crippen molar-refractivity contribution < 1.29 is 9.90 Å². The van der Waals surface area contributed by atoms with Gasteiger partial charge in [-0.15, -0.1) is 0 Å². The molecule has 7 nitrogen and oxygen atoms in total. The molecule has 1 saturated heterocycles. The Hall–Kier alpha value is -2.05. The number of H-pyrrole nitrogens is 1. The van der Waals surface area contributed by atoms with E-state index in [9.17, 15) is 14.7 Å². The topological polar surface area (TPSA) is 112 Å². The Bertz CT molecular complexity index is 527. The Kier molecular flexibility index (Phi) is 2.98. The molecule has 0 saturated carbocycles. The summed E-state index contributed by atoms with van der Waals surface area (Å²) in [5.41, 5.74) is 4.22. The van der Waals surface area contributed by atoms with Gasteiger partial charge in [0.05, 0.1) is 6.33 Å². The van der Waals surface area contributed by atoms with Crippen LogP contribution in [0.4, 0.5) is 11.5 Å². The van der Waals surface area contributed by atoms with Crippen LogP contribution in [0.25, 0.3) is 0 Å². The number of aliphatic carboxylic acids is 1. The number of carboxylic acid groups (broad SMARTS) is 1. The summed E-state index contributed by atoms with van der Waals surface area (Å²) in [5, 5.41) is 9.46. The molecule has 1 aliphatic heterocycles. The Labute approximate surface area is 104 Å². The van der Waals surface area contributed by atoms with E-state index < -0.39 is 17.1 Å². The molecule has 2 heterocycles. The number of nitrogens with one attached hydrogen (secondary N) is 1. The van der Waals surface area contributed by atoms with Crippen LogP contribution in [0.15, 0.2) is 11.1 Å². The molecule has 7 heteroatoms. The molecular weight excluding hydrogens is 236 g/mol. The molecule has 0 aromatic carbocycles. The molecule has 4 N–H and O–H groups in total. The first-order valence-electron chi connectivity index (χ1n) is 5.87. The van der Waals surface area contributed by atoms with Crippen molar-refractivity contribution in [2.45, 2.75) is 31.7 Å². The van der Waals surface area contributed by atoms with Gasteiger partial charge in [0, 0.05) is 6.54 Å². The van der Waals surface area contributed by atoms with E-state index >= 15 is 0 Å². The molecule has 18 heavy (non-hydrogen) atoms. The minimum absolute atomic E-state index is 0.0292. The smallest absolute Gasteiger partial charge is 0.329 e. The Morgan fingerprint density at radius 2 is 2.44 bits per heavy atom. The molecule has 1 atom stereocenters. The lowest BCUT2D eigenvalue weighted by molar-refractivity contribution is -0.143. The van der Waals surface area contributed by atoms with Crippen molar-refractivity contribution in [2.24, 2.45) is 0 Å². The van der Waals surface area contributed by atoms with E-state index in [1.807, 2.05) is 6.92 Å². The van der Waals surface area contributed by atoms with Crippen molar-refractivity contribution >= 4 is 17.5 Å². The van der Waals surface area contributed by atoms with Gasteiger partial charge in [0.2, 0.25) is 0 Å². The van der Waals surface area contributed by atoms with Gasteiger partial charge in [0.25, 0.3) is 5.56 Å². The molecule has 0 radical (unpaired) electrons. The highest BCUT2D eigenvalue weighted by molar-refractivity contribution is 5.85. The van der Waals surface area contributed by atoms with Crippen LogP contribution in [0.2, 0.25) is 0 Å². The van der Waals surface area contributed by atoms with Crippen LogP contribution in [0, 0.1) is 0 Å². The second-order valence-electron chi connectivity index (χ2n) is 4.41. The number of hydrogen-bond donors (Lipinski definition) is 3. The monoisotopic (exact) mass is 252 g/mol. The summed E-state index contributed by atoms with van der Waals surface area (Å²) in [6.07, 6.45) is 2.96. The van der Waals surface area contributed by atoms with E-state index in [0.29, 0.717) is 19.4 Å². The molecule has 0 amide bonds. The first kappa shape index (κ1) is 12.4. The number of aromatic amines is 1. The van der Waals surface area contributed by atoms with E-state index in [1.54, 1.807) is 4.90 Å². The average Bonchev–Trinajstić information content (AvgIpc) is 2.77. The van der Waals surface area contributed by atoms with Gasteiger partial charge in [-0.2, -0.15) is 0 Å². The van der Waals surface area contributed by atoms with Crippen molar-refractivity contribution in [3.8, 4) is 0 Å². The molecule has 98 valence electrons. The number of nitrogens with two attached hydrogens (primary N) is 1. The van der Waals surface area contributed by atoms with Gasteiger partial charge in [-0.05, 0) is 19.3 Å². The summed E-state index contributed by atoms with van der Waals surface area (Å²) >= 11 is 0. The van der Waals surface area contributed by atoms with Gasteiger partial charge in [0.1, 0.15) is 11.2 Å². The number of anilines is 2. The van der Waals surface area contributed by atoms with Crippen molar-refractivity contribution in [2.75, 3.05) is 17.2 Å². The van der Waals surface area contributed by atoms with Gasteiger partial charge in [0.15, 0.2) is 5.82 Å². The highest BCUT2D eigenvalue weighted by atomic mass is 16.4. The summed E-state index contributed by atoms with van der Waals surface area (Å²) in [7, 11) is 0. The Balaban J connectivity index is 2.52. The zero-order chi connectivity index (χ0) is 13.3. The minimum atomic E-state index is -1.01. The number of nitrogen functional groups attached to an aromatic ring is 1. The predicted octanol–water partition coefficient (Wildman–Crippen LogP) is 0.186. The number of hydrogen-bond acceptors (Lipinski definition) is 5. The molecule has 1 unspecified atom stereocenters. The number of carboxylic acids is 1. The first-order chi connectivity index (χ1) is 8.53. The van der Waals surface area contributed by atoms with Gasteiger partial charge in [-0.1, -0.05) is 6.92 Å². The molecule has 1 aromatic heterocycles.